The van der Waals surface area contributed by atoms with E-state index in [2.05, 4.69) is 19.2 Å². The van der Waals surface area contributed by atoms with Crippen molar-refractivity contribution in [2.45, 2.75) is 33.6 Å². The first-order valence-corrected chi connectivity index (χ1v) is 9.07. The average Bonchev–Trinajstić information content (AvgIpc) is 2.96. The first kappa shape index (κ1) is 19.3. The topological polar surface area (TPSA) is 73.9 Å². The van der Waals surface area contributed by atoms with Gasteiger partial charge in [-0.1, -0.05) is 13.8 Å². The lowest BCUT2D eigenvalue weighted by molar-refractivity contribution is -0.119. The first-order chi connectivity index (χ1) is 12.7. The van der Waals surface area contributed by atoms with Crippen molar-refractivity contribution >= 4 is 11.7 Å². The van der Waals surface area contributed by atoms with Gasteiger partial charge in [0, 0.05) is 17.7 Å². The molecule has 0 aromatic heterocycles. The van der Waals surface area contributed by atoms with Crippen LogP contribution in [0.4, 0.5) is 0 Å². The van der Waals surface area contributed by atoms with E-state index in [0.29, 0.717) is 35.3 Å². The molecule has 0 aliphatic heterocycles. The third kappa shape index (κ3) is 3.29. The molecule has 1 aromatic carbocycles. The zero-order valence-electron chi connectivity index (χ0n) is 16.8. The normalized spacial score (nSPS) is 24.1. The van der Waals surface area contributed by atoms with Gasteiger partial charge in [0.15, 0.2) is 17.3 Å². The molecule has 6 nitrogen and oxygen atoms in total. The molecular formula is C21H27NO5. The fourth-order valence-electron chi connectivity index (χ4n) is 4.37. The quantitative estimate of drug-likeness (QED) is 0.776. The van der Waals surface area contributed by atoms with E-state index in [9.17, 15) is 9.59 Å². The smallest absolute Gasteiger partial charge is 0.228 e. The predicted octanol–water partition coefficient (Wildman–Crippen LogP) is 2.89. The second-order valence-corrected chi connectivity index (χ2v) is 7.83. The zero-order chi connectivity index (χ0) is 19.9. The van der Waals surface area contributed by atoms with Gasteiger partial charge < -0.3 is 19.5 Å². The fourth-order valence-corrected chi connectivity index (χ4v) is 4.37. The molecule has 0 heterocycles. The second-order valence-electron chi connectivity index (χ2n) is 7.83. The Morgan fingerprint density at radius 2 is 1.74 bits per heavy atom. The van der Waals surface area contributed by atoms with Crippen molar-refractivity contribution in [1.29, 1.82) is 0 Å². The fraction of sp³-hybridized carbons (Fsp3) is 0.524. The molecule has 0 saturated heterocycles. The standard InChI is InChI=1S/C21H27NO5/c1-11(18-14(23)10-13-19(18)21(13,2)3)22-17(24)9-12-7-15(25-4)20(27-6)16(8-12)26-5/h7-8,13,19H,9-10H2,1-6H3,(H,22,24). The molecule has 0 bridgehead atoms. The highest BCUT2D eigenvalue weighted by atomic mass is 16.5. The van der Waals surface area contributed by atoms with E-state index in [1.54, 1.807) is 12.1 Å². The number of fused-ring (bicyclic) bond motifs is 1. The summed E-state index contributed by atoms with van der Waals surface area (Å²) in [6, 6.07) is 3.51. The maximum absolute atomic E-state index is 12.6. The Balaban J connectivity index is 1.77. The van der Waals surface area contributed by atoms with Crippen LogP contribution in [-0.2, 0) is 16.0 Å². The van der Waals surface area contributed by atoms with Crippen molar-refractivity contribution in [3.05, 3.63) is 29.0 Å². The number of hydrogen-bond donors (Lipinski definition) is 1. The summed E-state index contributed by atoms with van der Waals surface area (Å²) in [6.07, 6.45) is 0.736. The van der Waals surface area contributed by atoms with Gasteiger partial charge in [0.05, 0.1) is 27.8 Å². The highest BCUT2D eigenvalue weighted by Crippen LogP contribution is 2.68. The minimum atomic E-state index is -0.177. The van der Waals surface area contributed by atoms with Gasteiger partial charge in [-0.2, -0.15) is 0 Å². The summed E-state index contributed by atoms with van der Waals surface area (Å²) in [5.74, 6) is 2.17. The molecule has 0 spiro atoms. The molecule has 2 aliphatic rings. The number of allylic oxidation sites excluding steroid dienone is 2. The zero-order valence-corrected chi connectivity index (χ0v) is 16.8. The van der Waals surface area contributed by atoms with Gasteiger partial charge in [-0.05, 0) is 41.9 Å². The lowest BCUT2D eigenvalue weighted by Crippen LogP contribution is -2.26. The van der Waals surface area contributed by atoms with Crippen LogP contribution in [0.2, 0.25) is 0 Å². The minimum absolute atomic E-state index is 0.146. The third-order valence-corrected chi connectivity index (χ3v) is 5.89. The third-order valence-electron chi connectivity index (χ3n) is 5.89. The summed E-state index contributed by atoms with van der Waals surface area (Å²) >= 11 is 0. The van der Waals surface area contributed by atoms with Crippen molar-refractivity contribution in [1.82, 2.24) is 5.32 Å². The Labute approximate surface area is 159 Å². The summed E-state index contributed by atoms with van der Waals surface area (Å²) in [5.41, 5.74) is 2.37. The molecule has 2 atom stereocenters. The SMILES string of the molecule is COc1cc(CC(=O)NC(C)=C2C(=O)CC3C2C3(C)C)cc(OC)c1OC. The van der Waals surface area contributed by atoms with E-state index in [4.69, 9.17) is 14.2 Å². The van der Waals surface area contributed by atoms with E-state index >= 15 is 0 Å². The largest absolute Gasteiger partial charge is 0.493 e. The van der Waals surface area contributed by atoms with Crippen molar-refractivity contribution < 1.29 is 23.8 Å². The van der Waals surface area contributed by atoms with Crippen LogP contribution in [0.3, 0.4) is 0 Å². The first-order valence-electron chi connectivity index (χ1n) is 9.07. The Kier molecular flexibility index (Phi) is 4.93. The lowest BCUT2D eigenvalue weighted by atomic mass is 9.95. The number of carbonyl (C=O) groups excluding carboxylic acids is 2. The van der Waals surface area contributed by atoms with E-state index < -0.39 is 0 Å². The molecule has 3 rings (SSSR count). The van der Waals surface area contributed by atoms with Crippen LogP contribution < -0.4 is 19.5 Å². The summed E-state index contributed by atoms with van der Waals surface area (Å²) in [7, 11) is 4.61. The molecule has 6 heteroatoms. The summed E-state index contributed by atoms with van der Waals surface area (Å²) in [4.78, 5) is 24.8. The molecule has 1 aromatic rings. The second kappa shape index (κ2) is 6.91. The molecule has 146 valence electrons. The van der Waals surface area contributed by atoms with Gasteiger partial charge in [0.2, 0.25) is 11.7 Å². The predicted molar refractivity (Wildman–Crippen MR) is 101 cm³/mol. The van der Waals surface area contributed by atoms with E-state index in [1.165, 1.54) is 21.3 Å². The molecule has 2 aliphatic carbocycles. The van der Waals surface area contributed by atoms with Crippen molar-refractivity contribution in [2.24, 2.45) is 17.3 Å². The number of ether oxygens (including phenoxy) is 3. The Hall–Kier alpha value is -2.50. The summed E-state index contributed by atoms with van der Waals surface area (Å²) < 4.78 is 16.0. The van der Waals surface area contributed by atoms with Gasteiger partial charge in [-0.15, -0.1) is 0 Å². The van der Waals surface area contributed by atoms with Crippen LogP contribution in [0, 0.1) is 17.3 Å². The Morgan fingerprint density at radius 3 is 2.22 bits per heavy atom. The van der Waals surface area contributed by atoms with Gasteiger partial charge in [-0.3, -0.25) is 9.59 Å². The number of rotatable bonds is 6. The number of amides is 1. The monoisotopic (exact) mass is 373 g/mol. The number of nitrogens with one attached hydrogen (secondary N) is 1. The molecule has 2 saturated carbocycles. The maximum Gasteiger partial charge on any atom is 0.228 e. The molecule has 1 N–H and O–H groups in total. The van der Waals surface area contributed by atoms with Crippen LogP contribution in [-0.4, -0.2) is 33.0 Å². The van der Waals surface area contributed by atoms with Crippen molar-refractivity contribution in [3.8, 4) is 17.2 Å². The number of benzene rings is 1. The lowest BCUT2D eigenvalue weighted by Gasteiger charge is -2.15. The molecule has 2 fully saturated rings. The van der Waals surface area contributed by atoms with E-state index in [1.807, 2.05) is 6.92 Å². The van der Waals surface area contributed by atoms with Crippen LogP contribution in [0.1, 0.15) is 32.8 Å². The van der Waals surface area contributed by atoms with E-state index in [0.717, 1.165) is 11.1 Å². The highest BCUT2D eigenvalue weighted by molar-refractivity contribution is 6.01. The molecule has 0 radical (unpaired) electrons. The average molecular weight is 373 g/mol. The van der Waals surface area contributed by atoms with E-state index in [-0.39, 0.29) is 29.4 Å². The Bertz CT molecular complexity index is 799. The van der Waals surface area contributed by atoms with Crippen LogP contribution in [0.15, 0.2) is 23.4 Å². The van der Waals surface area contributed by atoms with Crippen LogP contribution in [0.25, 0.3) is 0 Å². The number of methoxy groups -OCH3 is 3. The van der Waals surface area contributed by atoms with Crippen LogP contribution in [0.5, 0.6) is 17.2 Å². The van der Waals surface area contributed by atoms with Gasteiger partial charge in [-0.25, -0.2) is 0 Å². The van der Waals surface area contributed by atoms with Gasteiger partial charge >= 0.3 is 0 Å². The Morgan fingerprint density at radius 1 is 1.15 bits per heavy atom. The molecular weight excluding hydrogens is 346 g/mol. The highest BCUT2D eigenvalue weighted by Gasteiger charge is 2.65. The number of Topliss-reactive ketones (excluding diaryl/α,β-unsaturated/α-hetero) is 1. The molecule has 27 heavy (non-hydrogen) atoms. The summed E-state index contributed by atoms with van der Waals surface area (Å²) in [6.45, 7) is 6.18. The maximum atomic E-state index is 12.6. The summed E-state index contributed by atoms with van der Waals surface area (Å²) in [5, 5.41) is 2.91. The number of ketones is 1. The minimum Gasteiger partial charge on any atom is -0.493 e. The van der Waals surface area contributed by atoms with Crippen molar-refractivity contribution in [2.75, 3.05) is 21.3 Å². The van der Waals surface area contributed by atoms with Crippen LogP contribution >= 0.6 is 0 Å². The number of hydrogen-bond acceptors (Lipinski definition) is 5. The van der Waals surface area contributed by atoms with Gasteiger partial charge in [0.1, 0.15) is 0 Å². The molecule has 2 unspecified atom stereocenters. The van der Waals surface area contributed by atoms with Crippen molar-refractivity contribution in [3.63, 3.8) is 0 Å². The number of carbonyl (C=O) groups is 2. The van der Waals surface area contributed by atoms with Gasteiger partial charge in [0.25, 0.3) is 0 Å². The molecule has 1 amide bonds.